The van der Waals surface area contributed by atoms with Gasteiger partial charge in [0.25, 0.3) is 0 Å². The molecule has 0 spiro atoms. The molecule has 6 rings (SSSR count). The van der Waals surface area contributed by atoms with Gasteiger partial charge in [0.05, 0.1) is 48.6 Å². The summed E-state index contributed by atoms with van der Waals surface area (Å²) in [4.78, 5) is 60.0. The smallest absolute Gasteiger partial charge is 0.124 e. The quantitative estimate of drug-likeness (QED) is 0.0966. The van der Waals surface area contributed by atoms with E-state index in [1.165, 1.54) is 0 Å². The largest absolute Gasteiger partial charge is 0.550 e. The van der Waals surface area contributed by atoms with Crippen LogP contribution in [0.4, 0.5) is 0 Å². The van der Waals surface area contributed by atoms with Crippen molar-refractivity contribution in [3.05, 3.63) is 0 Å². The van der Waals surface area contributed by atoms with Gasteiger partial charge >= 0.3 is 0 Å². The second kappa shape index (κ2) is 35.0. The van der Waals surface area contributed by atoms with Gasteiger partial charge in [-0.05, 0) is 166 Å². The van der Waals surface area contributed by atoms with Crippen LogP contribution in [-0.2, 0) is 28.8 Å². The van der Waals surface area contributed by atoms with Crippen LogP contribution in [-0.4, -0.2) is 222 Å². The number of piperidine rings is 6. The molecule has 32 nitrogen and oxygen atoms in total. The molecule has 6 saturated heterocycles. The third-order valence-electron chi connectivity index (χ3n) is 19.2. The maximum Gasteiger partial charge on any atom is 0.124 e. The molecule has 0 aliphatic carbocycles. The van der Waals surface area contributed by atoms with Crippen molar-refractivity contribution in [2.45, 2.75) is 383 Å². The summed E-state index contributed by atoms with van der Waals surface area (Å²) in [6.45, 7) is 47.5. The van der Waals surface area contributed by atoms with Crippen LogP contribution in [0.3, 0.4) is 0 Å². The van der Waals surface area contributed by atoms with E-state index >= 15 is 0 Å². The van der Waals surface area contributed by atoms with Gasteiger partial charge < -0.3 is 100 Å². The Balaban J connectivity index is 0. The van der Waals surface area contributed by atoms with Gasteiger partial charge in [-0.2, -0.15) is 30.4 Å². The zero-order chi connectivity index (χ0) is 78.7. The minimum Gasteiger partial charge on any atom is -0.550 e. The highest BCUT2D eigenvalue weighted by Gasteiger charge is 2.54. The molecule has 0 aromatic rings. The van der Waals surface area contributed by atoms with Crippen LogP contribution in [0.2, 0.25) is 0 Å². The van der Waals surface area contributed by atoms with E-state index in [4.69, 9.17) is 10.2 Å². The number of carbonyl (C=O) groups excluding carboxylic acids is 6. The summed E-state index contributed by atoms with van der Waals surface area (Å²) >= 11 is 0. The van der Waals surface area contributed by atoms with E-state index in [1.807, 2.05) is 166 Å². The van der Waals surface area contributed by atoms with Crippen molar-refractivity contribution in [3.63, 3.8) is 0 Å². The standard InChI is InChI=1S/6C9H19NO2.2C6H8O7/c6*1-8(2)5-7(11)6-9(3,4)10(8)12;2*7-3(8)1-6(13,5(11)12)2-4(9)10/h6*7,11-12H,5-6H2,1-4H3;2*13H,1-2H2,(H,7,8)(H,9,10)(H,11,12). The lowest BCUT2D eigenvalue weighted by Gasteiger charge is -2.45. The third-order valence-corrected chi connectivity index (χ3v) is 19.2. The lowest BCUT2D eigenvalue weighted by atomic mass is 9.80. The first-order chi connectivity index (χ1) is 43.1. The molecule has 0 atom stereocenters. The maximum absolute atomic E-state index is 10.1. The normalized spacial score (nSPS) is 31.9. The van der Waals surface area contributed by atoms with Crippen LogP contribution in [0.5, 0.6) is 0 Å². The fourth-order valence-electron chi connectivity index (χ4n) is 15.5. The number of carboxylic acids is 6. The number of aliphatic hydroxyl groups excluding tert-OH is 6. The lowest BCUT2D eigenvalue weighted by Crippen LogP contribution is -3.25. The van der Waals surface area contributed by atoms with Crippen molar-refractivity contribution in [2.24, 2.45) is 0 Å². The molecule has 0 aromatic heterocycles. The molecule has 580 valence electrons. The zero-order valence-corrected chi connectivity index (χ0v) is 62.9. The number of carboxylic acid groups (broad SMARTS) is 6. The summed E-state index contributed by atoms with van der Waals surface area (Å²) in [5, 5.41) is 198. The fraction of sp³-hybridized carbons (Fsp3) is 0.909. The second-order valence-electron chi connectivity index (χ2n) is 35.9. The van der Waals surface area contributed by atoms with Crippen molar-refractivity contribution in [1.29, 1.82) is 0 Å². The number of hydroxylamine groups is 12. The Kier molecular flexibility index (Phi) is 34.3. The molecule has 0 bridgehead atoms. The summed E-state index contributed by atoms with van der Waals surface area (Å²) in [7, 11) is 0. The van der Waals surface area contributed by atoms with Crippen LogP contribution in [0.15, 0.2) is 0 Å². The number of hydrogen-bond acceptors (Lipinski definition) is 26. The molecule has 0 saturated carbocycles. The zero-order valence-electron chi connectivity index (χ0n) is 62.9. The van der Waals surface area contributed by atoms with Crippen molar-refractivity contribution >= 4 is 35.8 Å². The first-order valence-corrected chi connectivity index (χ1v) is 33.3. The van der Waals surface area contributed by atoms with Crippen LogP contribution in [0, 0.1) is 0 Å². The monoisotopic (exact) mass is 1420 g/mol. The molecule has 6 heterocycles. The molecule has 32 heteroatoms. The van der Waals surface area contributed by atoms with E-state index < -0.39 is 72.7 Å². The molecule has 6 fully saturated rings. The molecular formula is C66H130N6O26. The van der Waals surface area contributed by atoms with Crippen LogP contribution in [0.25, 0.3) is 0 Å². The Bertz CT molecular complexity index is 2090. The van der Waals surface area contributed by atoms with Gasteiger partial charge in [0.2, 0.25) is 0 Å². The SMILES string of the molecule is CC1(C)CC(O)CC(C)(C)[NH+]1O.CC1(C)CC(O)CC(C)(C)[NH+]1O.CC1(C)CC(O)CC(C)(C)[NH+]1O.CC1(C)CC(O)CC(C)(C)[NH+]1O.CC1(C)CC(O)CC(C)(C)[NH+]1O.CC1(C)CC(O)CC(C)(C)[NH+]1O.O=C([O-])CC(O)(CC(=O)[O-])C(=O)[O-].O=C([O-])CC(O)(CC(=O)[O-])C(=O)[O-]. The maximum atomic E-state index is 10.1. The molecule has 6 aliphatic rings. The molecule has 0 aromatic carbocycles. The van der Waals surface area contributed by atoms with Crippen LogP contribution in [0.1, 0.15) is 269 Å². The average molecular weight is 1420 g/mol. The highest BCUT2D eigenvalue weighted by molar-refractivity contribution is 5.86. The number of quaternary nitrogens is 6. The van der Waals surface area contributed by atoms with E-state index in [2.05, 4.69) is 0 Å². The van der Waals surface area contributed by atoms with Gasteiger partial charge in [-0.25, -0.2) is 31.2 Å². The molecule has 0 unspecified atom stereocenters. The third kappa shape index (κ3) is 29.8. The van der Waals surface area contributed by atoms with E-state index in [0.29, 0.717) is 107 Å². The van der Waals surface area contributed by atoms with Crippen molar-refractivity contribution in [1.82, 2.24) is 0 Å². The molecule has 0 radical (unpaired) electrons. The molecule has 0 amide bonds. The Hall–Kier alpha value is -3.98. The number of carbonyl (C=O) groups is 6. The first kappa shape index (κ1) is 96.1. The number of rotatable bonds is 10. The highest BCUT2D eigenvalue weighted by atomic mass is 16.5. The predicted molar refractivity (Wildman–Crippen MR) is 335 cm³/mol. The second-order valence-corrected chi connectivity index (χ2v) is 35.9. The number of nitrogens with one attached hydrogen (secondary N) is 6. The Morgan fingerprint density at radius 3 is 0.398 bits per heavy atom. The van der Waals surface area contributed by atoms with E-state index in [9.17, 15) is 121 Å². The minimum absolute atomic E-state index is 0.235. The Labute approximate surface area is 579 Å². The Morgan fingerprint density at radius 1 is 0.255 bits per heavy atom. The van der Waals surface area contributed by atoms with E-state index in [-0.39, 0.29) is 103 Å². The van der Waals surface area contributed by atoms with E-state index in [1.54, 1.807) is 0 Å². The van der Waals surface area contributed by atoms with Gasteiger partial charge in [-0.3, -0.25) is 0 Å². The van der Waals surface area contributed by atoms with Crippen LogP contribution < -0.4 is 61.0 Å². The van der Waals surface area contributed by atoms with Gasteiger partial charge in [-0.1, -0.05) is 0 Å². The van der Waals surface area contributed by atoms with Gasteiger partial charge in [-0.15, -0.1) is 0 Å². The van der Waals surface area contributed by atoms with Crippen molar-refractivity contribution in [2.75, 3.05) is 0 Å². The summed E-state index contributed by atoms with van der Waals surface area (Å²) in [5.41, 5.74) is -8.77. The first-order valence-electron chi connectivity index (χ1n) is 33.3. The fourth-order valence-corrected chi connectivity index (χ4v) is 15.5. The summed E-state index contributed by atoms with van der Waals surface area (Å²) in [6, 6.07) is 0. The van der Waals surface area contributed by atoms with Gasteiger partial charge in [0, 0.05) is 127 Å². The van der Waals surface area contributed by atoms with E-state index in [0.717, 1.165) is 0 Å². The highest BCUT2D eigenvalue weighted by Crippen LogP contribution is 2.28. The van der Waals surface area contributed by atoms with Crippen LogP contribution >= 0.6 is 0 Å². The topological polar surface area (TPSA) is 551 Å². The molecule has 20 N–H and O–H groups in total. The molecular weight excluding hydrogens is 1290 g/mol. The summed E-state index contributed by atoms with van der Waals surface area (Å²) in [5.74, 6) is -12.0. The van der Waals surface area contributed by atoms with Crippen molar-refractivity contribution < 1.29 is 162 Å². The number of aliphatic hydroxyl groups is 8. The van der Waals surface area contributed by atoms with Crippen molar-refractivity contribution in [3.8, 4) is 0 Å². The summed E-state index contributed by atoms with van der Waals surface area (Å²) < 4.78 is 0. The average Bonchev–Trinajstić information content (AvgIpc) is 0.820. The predicted octanol–water partition coefficient (Wildman–Crippen LogP) is -10.7. The lowest BCUT2D eigenvalue weighted by molar-refractivity contribution is -1.16. The number of hydrogen-bond donors (Lipinski definition) is 20. The van der Waals surface area contributed by atoms with Gasteiger partial charge in [0.15, 0.2) is 0 Å². The molecule has 6 aliphatic heterocycles. The van der Waals surface area contributed by atoms with Gasteiger partial charge in [0.1, 0.15) is 77.7 Å². The summed E-state index contributed by atoms with van der Waals surface area (Å²) in [6.07, 6.45) is 0.962. The minimum atomic E-state index is -2.97. The molecule has 98 heavy (non-hydrogen) atoms. The Morgan fingerprint density at radius 2 is 0.337 bits per heavy atom. The number of aliphatic carboxylic acids is 6.